The first-order valence-corrected chi connectivity index (χ1v) is 8.29. The molecule has 26 heavy (non-hydrogen) atoms. The summed E-state index contributed by atoms with van der Waals surface area (Å²) in [5, 5.41) is 10.3. The van der Waals surface area contributed by atoms with Gasteiger partial charge >= 0.3 is 0 Å². The van der Waals surface area contributed by atoms with Crippen molar-refractivity contribution in [3.63, 3.8) is 0 Å². The van der Waals surface area contributed by atoms with E-state index in [2.05, 4.69) is 50.9 Å². The molecule has 2 aromatic rings. The second kappa shape index (κ2) is 9.75. The van der Waals surface area contributed by atoms with Crippen LogP contribution < -0.4 is 15.4 Å². The number of ether oxygens (including phenoxy) is 1. The molecule has 8 heteroatoms. The summed E-state index contributed by atoms with van der Waals surface area (Å²) in [6.07, 6.45) is 0. The van der Waals surface area contributed by atoms with Crippen molar-refractivity contribution in [2.24, 2.45) is 4.99 Å². The first-order valence-electron chi connectivity index (χ1n) is 8.29. The smallest absolute Gasteiger partial charge is 0.223 e. The average Bonchev–Trinajstić information content (AvgIpc) is 2.93. The van der Waals surface area contributed by atoms with Crippen LogP contribution in [0.25, 0.3) is 0 Å². The van der Waals surface area contributed by atoms with Crippen LogP contribution >= 0.6 is 24.0 Å². The van der Waals surface area contributed by atoms with Crippen LogP contribution in [0.4, 0.5) is 0 Å². The lowest BCUT2D eigenvalue weighted by atomic mass is 10.1. The quantitative estimate of drug-likeness (QED) is 0.394. The van der Waals surface area contributed by atoms with E-state index < -0.39 is 0 Å². The molecule has 0 fully saturated rings. The lowest BCUT2D eigenvalue weighted by Crippen LogP contribution is -2.36. The number of hydrogen-bond donors (Lipinski definition) is 2. The molecule has 7 nitrogen and oxygen atoms in total. The van der Waals surface area contributed by atoms with Gasteiger partial charge in [-0.25, -0.2) is 0 Å². The zero-order valence-electron chi connectivity index (χ0n) is 16.2. The third-order valence-corrected chi connectivity index (χ3v) is 3.29. The Morgan fingerprint density at radius 3 is 2.46 bits per heavy atom. The van der Waals surface area contributed by atoms with Crippen LogP contribution in [0.15, 0.2) is 27.7 Å². The zero-order chi connectivity index (χ0) is 18.4. The van der Waals surface area contributed by atoms with Crippen LogP contribution in [-0.4, -0.2) is 28.7 Å². The molecule has 0 amide bonds. The van der Waals surface area contributed by atoms with E-state index in [1.165, 1.54) is 0 Å². The maximum atomic E-state index is 6.08. The summed E-state index contributed by atoms with van der Waals surface area (Å²) in [6, 6.07) is 6.20. The molecular formula is C18H28IN5O2. The van der Waals surface area contributed by atoms with Gasteiger partial charge in [-0.3, -0.25) is 4.99 Å². The molecule has 0 aliphatic rings. The Kier molecular flexibility index (Phi) is 8.32. The Bertz CT molecular complexity index is 737. The largest absolute Gasteiger partial charge is 0.488 e. The number of nitrogens with zero attached hydrogens (tertiary/aromatic N) is 3. The Balaban J connectivity index is 0.00000338. The molecule has 1 heterocycles. The monoisotopic (exact) mass is 473 g/mol. The van der Waals surface area contributed by atoms with E-state index in [1.54, 1.807) is 14.0 Å². The van der Waals surface area contributed by atoms with Crippen molar-refractivity contribution < 1.29 is 9.26 Å². The number of halogens is 1. The predicted octanol–water partition coefficient (Wildman–Crippen LogP) is 3.35. The van der Waals surface area contributed by atoms with Crippen LogP contribution in [0.5, 0.6) is 5.75 Å². The molecule has 0 bridgehead atoms. The number of benzene rings is 1. The Morgan fingerprint density at radius 1 is 1.19 bits per heavy atom. The van der Waals surface area contributed by atoms with Crippen LogP contribution in [0, 0.1) is 13.8 Å². The van der Waals surface area contributed by atoms with Gasteiger partial charge < -0.3 is 19.9 Å². The van der Waals surface area contributed by atoms with Gasteiger partial charge in [-0.1, -0.05) is 17.3 Å². The number of nitrogens with one attached hydrogen (secondary N) is 2. The van der Waals surface area contributed by atoms with Crippen molar-refractivity contribution in [1.82, 2.24) is 20.8 Å². The van der Waals surface area contributed by atoms with Gasteiger partial charge in [0.15, 0.2) is 11.8 Å². The van der Waals surface area contributed by atoms with E-state index in [0.717, 1.165) is 16.9 Å². The first kappa shape index (κ1) is 22.2. The van der Waals surface area contributed by atoms with Gasteiger partial charge in [-0.15, -0.1) is 24.0 Å². The van der Waals surface area contributed by atoms with Gasteiger partial charge in [0, 0.05) is 26.1 Å². The highest BCUT2D eigenvalue weighted by atomic mass is 127. The molecule has 1 aromatic heterocycles. The first-order chi connectivity index (χ1) is 11.8. The van der Waals surface area contributed by atoms with Crippen LogP contribution in [0.1, 0.15) is 43.6 Å². The molecule has 0 atom stereocenters. The number of aromatic nitrogens is 2. The summed E-state index contributed by atoms with van der Waals surface area (Å²) < 4.78 is 11.0. The number of guanidine groups is 1. The summed E-state index contributed by atoms with van der Waals surface area (Å²) in [7, 11) is 1.72. The van der Waals surface area contributed by atoms with Crippen molar-refractivity contribution in [3.8, 4) is 5.75 Å². The highest BCUT2D eigenvalue weighted by Gasteiger charge is 2.15. The molecule has 0 spiro atoms. The fourth-order valence-electron chi connectivity index (χ4n) is 2.21. The highest BCUT2D eigenvalue weighted by Crippen LogP contribution is 2.24. The van der Waals surface area contributed by atoms with Crippen molar-refractivity contribution >= 4 is 29.9 Å². The summed E-state index contributed by atoms with van der Waals surface area (Å²) >= 11 is 0. The third kappa shape index (κ3) is 7.19. The lowest BCUT2D eigenvalue weighted by Gasteiger charge is -2.24. The van der Waals surface area contributed by atoms with Crippen LogP contribution in [-0.2, 0) is 13.1 Å². The Labute approximate surface area is 172 Å². The van der Waals surface area contributed by atoms with E-state index >= 15 is 0 Å². The molecular weight excluding hydrogens is 445 g/mol. The maximum absolute atomic E-state index is 6.08. The molecule has 0 aliphatic heterocycles. The maximum Gasteiger partial charge on any atom is 0.223 e. The van der Waals surface area contributed by atoms with Crippen molar-refractivity contribution in [1.29, 1.82) is 0 Å². The van der Waals surface area contributed by atoms with Gasteiger partial charge in [0.05, 0.1) is 6.54 Å². The van der Waals surface area contributed by atoms with Gasteiger partial charge in [-0.2, -0.15) is 4.98 Å². The minimum atomic E-state index is -0.251. The van der Waals surface area contributed by atoms with E-state index in [-0.39, 0.29) is 29.6 Å². The molecule has 0 saturated heterocycles. The molecule has 1 aromatic carbocycles. The Morgan fingerprint density at radius 2 is 1.88 bits per heavy atom. The van der Waals surface area contributed by atoms with Crippen LogP contribution in [0.2, 0.25) is 0 Å². The SMILES string of the molecule is CN=C(NCc1noc(C)n1)NCc1ccc(C)cc1OC(C)(C)C.I. The summed E-state index contributed by atoms with van der Waals surface area (Å²) in [6.45, 7) is 11.0. The van der Waals surface area contributed by atoms with Gasteiger partial charge in [0.2, 0.25) is 5.89 Å². The molecule has 0 radical (unpaired) electrons. The van der Waals surface area contributed by atoms with Gasteiger partial charge in [0.1, 0.15) is 11.4 Å². The fraction of sp³-hybridized carbons (Fsp3) is 0.500. The Hall–Kier alpha value is -1.84. The van der Waals surface area contributed by atoms with Crippen molar-refractivity contribution in [3.05, 3.63) is 41.0 Å². The standard InChI is InChI=1S/C18H27N5O2.HI/c1-12-7-8-14(15(9-12)24-18(3,4)5)10-20-17(19-6)21-11-16-22-13(2)25-23-16;/h7-9H,10-11H2,1-6H3,(H2,19,20,21);1H. The predicted molar refractivity (Wildman–Crippen MR) is 113 cm³/mol. The molecule has 0 unspecified atom stereocenters. The second-order valence-electron chi connectivity index (χ2n) is 6.83. The summed E-state index contributed by atoms with van der Waals surface area (Å²) in [5.41, 5.74) is 1.98. The van der Waals surface area contributed by atoms with Gasteiger partial charge in [-0.05, 0) is 39.3 Å². The van der Waals surface area contributed by atoms with E-state index in [0.29, 0.717) is 30.8 Å². The number of aliphatic imine (C=N–C) groups is 1. The van der Waals surface area contributed by atoms with E-state index in [4.69, 9.17) is 9.26 Å². The molecule has 2 N–H and O–H groups in total. The summed E-state index contributed by atoms with van der Waals surface area (Å²) in [4.78, 5) is 8.37. The average molecular weight is 473 g/mol. The minimum absolute atomic E-state index is 0. The van der Waals surface area contributed by atoms with Gasteiger partial charge in [0.25, 0.3) is 0 Å². The van der Waals surface area contributed by atoms with E-state index in [1.807, 2.05) is 20.8 Å². The molecule has 0 aliphatic carbocycles. The molecule has 2 rings (SSSR count). The van der Waals surface area contributed by atoms with Crippen LogP contribution in [0.3, 0.4) is 0 Å². The minimum Gasteiger partial charge on any atom is -0.488 e. The van der Waals surface area contributed by atoms with Crippen molar-refractivity contribution in [2.45, 2.75) is 53.3 Å². The zero-order valence-corrected chi connectivity index (χ0v) is 18.5. The fourth-order valence-corrected chi connectivity index (χ4v) is 2.21. The third-order valence-electron chi connectivity index (χ3n) is 3.29. The number of hydrogen-bond acceptors (Lipinski definition) is 5. The lowest BCUT2D eigenvalue weighted by molar-refractivity contribution is 0.129. The number of rotatable bonds is 5. The van der Waals surface area contributed by atoms with Crippen molar-refractivity contribution in [2.75, 3.05) is 7.05 Å². The second-order valence-corrected chi connectivity index (χ2v) is 6.83. The summed E-state index contributed by atoms with van der Waals surface area (Å²) in [5.74, 6) is 2.67. The topological polar surface area (TPSA) is 84.6 Å². The van der Waals surface area contributed by atoms with E-state index in [9.17, 15) is 0 Å². The highest BCUT2D eigenvalue weighted by molar-refractivity contribution is 14.0. The normalized spacial score (nSPS) is 11.7. The molecule has 144 valence electrons. The number of aryl methyl sites for hydroxylation is 2. The molecule has 0 saturated carbocycles.